The van der Waals surface area contributed by atoms with Crippen molar-refractivity contribution in [1.82, 2.24) is 14.9 Å². The molecule has 0 aliphatic heterocycles. The summed E-state index contributed by atoms with van der Waals surface area (Å²) < 4.78 is 31.9. The Kier molecular flexibility index (Phi) is 8.00. The van der Waals surface area contributed by atoms with E-state index >= 15 is 0 Å². The van der Waals surface area contributed by atoms with E-state index in [1.165, 1.54) is 44.2 Å². The van der Waals surface area contributed by atoms with E-state index in [9.17, 15) is 23.1 Å². The van der Waals surface area contributed by atoms with Gasteiger partial charge in [0.15, 0.2) is 0 Å². The average Bonchev–Trinajstić information content (AvgIpc) is 3.24. The van der Waals surface area contributed by atoms with E-state index in [1.54, 1.807) is 12.1 Å². The highest BCUT2D eigenvalue weighted by Crippen LogP contribution is 2.31. The third-order valence-electron chi connectivity index (χ3n) is 5.86. The lowest BCUT2D eigenvalue weighted by Crippen LogP contribution is -2.31. The number of aryl methyl sites for hydroxylation is 1. The smallest absolute Gasteiger partial charge is 0.306 e. The molecule has 9 nitrogen and oxygen atoms in total. The Labute approximate surface area is 187 Å². The number of carbonyl (C=O) groups is 2. The summed E-state index contributed by atoms with van der Waals surface area (Å²) >= 11 is 0. The standard InChI is InChI=1S/C22H29N3O6S/c1-15-10-12-18(13-11-15)32(29,30)25-21(28)20-23-22(31-24-20)17(14-19(26)27)9-5-8-16-6-3-2-4-7-16/h10-13,16-17H,2-9,14H2,1H3,(H,25,28)(H,26,27)/t17-/m1/s1. The van der Waals surface area contributed by atoms with E-state index in [0.29, 0.717) is 12.3 Å². The van der Waals surface area contributed by atoms with Gasteiger partial charge in [0.25, 0.3) is 15.8 Å². The van der Waals surface area contributed by atoms with E-state index in [-0.39, 0.29) is 17.2 Å². The lowest BCUT2D eigenvalue weighted by Gasteiger charge is -2.21. The van der Waals surface area contributed by atoms with Crippen LogP contribution in [0, 0.1) is 12.8 Å². The van der Waals surface area contributed by atoms with Crippen LogP contribution in [0.4, 0.5) is 0 Å². The highest BCUT2D eigenvalue weighted by Gasteiger charge is 2.27. The number of sulfonamides is 1. The van der Waals surface area contributed by atoms with E-state index in [4.69, 9.17) is 4.52 Å². The van der Waals surface area contributed by atoms with Gasteiger partial charge < -0.3 is 9.63 Å². The molecule has 10 heteroatoms. The first-order valence-electron chi connectivity index (χ1n) is 10.9. The minimum absolute atomic E-state index is 0.0360. The molecule has 2 N–H and O–H groups in total. The number of carbonyl (C=O) groups excluding carboxylic acids is 1. The molecule has 1 aliphatic carbocycles. The Morgan fingerprint density at radius 2 is 1.88 bits per heavy atom. The highest BCUT2D eigenvalue weighted by molar-refractivity contribution is 7.90. The van der Waals surface area contributed by atoms with Crippen molar-refractivity contribution >= 4 is 21.9 Å². The summed E-state index contributed by atoms with van der Waals surface area (Å²) in [5.74, 6) is -2.30. The Hall–Kier alpha value is -2.75. The summed E-state index contributed by atoms with van der Waals surface area (Å²) in [6.07, 6.45) is 8.40. The van der Waals surface area contributed by atoms with Gasteiger partial charge in [-0.1, -0.05) is 67.8 Å². The van der Waals surface area contributed by atoms with Crippen molar-refractivity contribution in [2.45, 2.75) is 75.5 Å². The molecule has 1 heterocycles. The number of nitrogens with zero attached hydrogens (tertiary/aromatic N) is 2. The van der Waals surface area contributed by atoms with Gasteiger partial charge in [0.05, 0.1) is 11.3 Å². The molecule has 0 spiro atoms. The molecule has 3 rings (SSSR count). The van der Waals surface area contributed by atoms with Gasteiger partial charge in [0, 0.05) is 5.92 Å². The molecule has 1 aromatic carbocycles. The fourth-order valence-electron chi connectivity index (χ4n) is 4.09. The lowest BCUT2D eigenvalue weighted by atomic mass is 9.84. The van der Waals surface area contributed by atoms with Crippen molar-refractivity contribution in [1.29, 1.82) is 0 Å². The van der Waals surface area contributed by atoms with Crippen LogP contribution in [-0.2, 0) is 14.8 Å². The van der Waals surface area contributed by atoms with Gasteiger partial charge in [-0.3, -0.25) is 9.59 Å². The predicted octanol–water partition coefficient (Wildman–Crippen LogP) is 3.81. The minimum atomic E-state index is -4.10. The van der Waals surface area contributed by atoms with Crippen molar-refractivity contribution in [3.8, 4) is 0 Å². The molecule has 1 saturated carbocycles. The maximum atomic E-state index is 12.4. The molecule has 0 unspecified atom stereocenters. The Bertz CT molecular complexity index is 1030. The van der Waals surface area contributed by atoms with Gasteiger partial charge in [-0.15, -0.1) is 0 Å². The Morgan fingerprint density at radius 1 is 1.19 bits per heavy atom. The molecule has 32 heavy (non-hydrogen) atoms. The summed E-state index contributed by atoms with van der Waals surface area (Å²) in [6.45, 7) is 1.82. The fourth-order valence-corrected chi connectivity index (χ4v) is 5.04. The second-order valence-electron chi connectivity index (χ2n) is 8.43. The van der Waals surface area contributed by atoms with Crippen molar-refractivity contribution in [2.24, 2.45) is 5.92 Å². The maximum Gasteiger partial charge on any atom is 0.306 e. The van der Waals surface area contributed by atoms with E-state index in [0.717, 1.165) is 18.4 Å². The molecular weight excluding hydrogens is 434 g/mol. The van der Waals surface area contributed by atoms with Crippen LogP contribution in [0.25, 0.3) is 0 Å². The summed E-state index contributed by atoms with van der Waals surface area (Å²) in [4.78, 5) is 27.6. The van der Waals surface area contributed by atoms with Gasteiger partial charge in [-0.2, -0.15) is 4.98 Å². The molecule has 0 bridgehead atoms. The summed E-state index contributed by atoms with van der Waals surface area (Å²) in [7, 11) is -4.10. The Balaban J connectivity index is 1.64. The van der Waals surface area contributed by atoms with E-state index in [1.807, 2.05) is 11.6 Å². The monoisotopic (exact) mass is 463 g/mol. The zero-order valence-corrected chi connectivity index (χ0v) is 18.9. The minimum Gasteiger partial charge on any atom is -0.481 e. The van der Waals surface area contributed by atoms with Crippen molar-refractivity contribution in [3.63, 3.8) is 0 Å². The second kappa shape index (κ2) is 10.7. The lowest BCUT2D eigenvalue weighted by molar-refractivity contribution is -0.137. The predicted molar refractivity (Wildman–Crippen MR) is 116 cm³/mol. The van der Waals surface area contributed by atoms with Crippen LogP contribution in [0.1, 0.15) is 85.8 Å². The van der Waals surface area contributed by atoms with Crippen molar-refractivity contribution < 1.29 is 27.6 Å². The van der Waals surface area contributed by atoms with Crippen LogP contribution in [0.2, 0.25) is 0 Å². The molecule has 174 valence electrons. The van der Waals surface area contributed by atoms with Gasteiger partial charge in [0.1, 0.15) is 0 Å². The molecule has 0 radical (unpaired) electrons. The van der Waals surface area contributed by atoms with Gasteiger partial charge in [0.2, 0.25) is 5.89 Å². The first kappa shape index (κ1) is 23.9. The summed E-state index contributed by atoms with van der Waals surface area (Å²) in [5.41, 5.74) is 0.881. The normalized spacial score (nSPS) is 15.9. The zero-order chi connectivity index (χ0) is 23.1. The van der Waals surface area contributed by atoms with Crippen LogP contribution in [0.5, 0.6) is 0 Å². The van der Waals surface area contributed by atoms with Gasteiger partial charge in [-0.05, 0) is 31.4 Å². The average molecular weight is 464 g/mol. The van der Waals surface area contributed by atoms with Crippen LogP contribution >= 0.6 is 0 Å². The highest BCUT2D eigenvalue weighted by atomic mass is 32.2. The second-order valence-corrected chi connectivity index (χ2v) is 10.1. The number of carboxylic acid groups (broad SMARTS) is 1. The molecule has 1 fully saturated rings. The quantitative estimate of drug-likeness (QED) is 0.542. The molecule has 0 saturated heterocycles. The number of rotatable bonds is 10. The van der Waals surface area contributed by atoms with E-state index in [2.05, 4.69) is 10.1 Å². The number of nitrogens with one attached hydrogen (secondary N) is 1. The number of aliphatic carboxylic acids is 1. The number of amides is 1. The molecule has 2 aromatic rings. The van der Waals surface area contributed by atoms with Crippen LogP contribution in [-0.4, -0.2) is 35.5 Å². The fraction of sp³-hybridized carbons (Fsp3) is 0.545. The maximum absolute atomic E-state index is 12.4. The number of hydrogen-bond donors (Lipinski definition) is 2. The number of benzene rings is 1. The zero-order valence-electron chi connectivity index (χ0n) is 18.1. The third-order valence-corrected chi connectivity index (χ3v) is 7.21. The molecule has 1 amide bonds. The number of hydrogen-bond acceptors (Lipinski definition) is 7. The molecule has 1 atom stereocenters. The summed E-state index contributed by atoms with van der Waals surface area (Å²) in [6, 6.07) is 6.02. The van der Waals surface area contributed by atoms with Crippen LogP contribution in [0.15, 0.2) is 33.7 Å². The summed E-state index contributed by atoms with van der Waals surface area (Å²) in [5, 5.41) is 12.8. The number of aromatic nitrogens is 2. The number of carboxylic acids is 1. The first-order valence-corrected chi connectivity index (χ1v) is 12.4. The molecule has 1 aliphatic rings. The molecule has 1 aromatic heterocycles. The third kappa shape index (κ3) is 6.62. The topological polar surface area (TPSA) is 139 Å². The van der Waals surface area contributed by atoms with Gasteiger partial charge >= 0.3 is 11.9 Å². The van der Waals surface area contributed by atoms with Gasteiger partial charge in [-0.25, -0.2) is 13.1 Å². The van der Waals surface area contributed by atoms with Crippen LogP contribution < -0.4 is 4.72 Å². The van der Waals surface area contributed by atoms with E-state index < -0.39 is 33.6 Å². The van der Waals surface area contributed by atoms with Crippen molar-refractivity contribution in [2.75, 3.05) is 0 Å². The van der Waals surface area contributed by atoms with Crippen molar-refractivity contribution in [3.05, 3.63) is 41.5 Å². The Morgan fingerprint density at radius 3 is 2.53 bits per heavy atom. The largest absolute Gasteiger partial charge is 0.481 e. The SMILES string of the molecule is Cc1ccc(S(=O)(=O)NC(=O)c2noc([C@H](CCCC3CCCCC3)CC(=O)O)n2)cc1. The first-order chi connectivity index (χ1) is 15.2. The van der Waals surface area contributed by atoms with Crippen LogP contribution in [0.3, 0.4) is 0 Å². The molecular formula is C22H29N3O6S.